The summed E-state index contributed by atoms with van der Waals surface area (Å²) in [6.45, 7) is 1.71. The summed E-state index contributed by atoms with van der Waals surface area (Å²) in [5.41, 5.74) is 1.04. The van der Waals surface area contributed by atoms with Crippen molar-refractivity contribution >= 4 is 34.7 Å². The maximum absolute atomic E-state index is 12.9. The zero-order valence-corrected chi connectivity index (χ0v) is 25.0. The molecule has 0 aliphatic heterocycles. The molecule has 0 spiro atoms. The van der Waals surface area contributed by atoms with Crippen LogP contribution in [-0.2, 0) is 19.1 Å². The number of carbonyl (C=O) groups excluding carboxylic acids is 2. The zero-order chi connectivity index (χ0) is 28.4. The Hall–Kier alpha value is -3.49. The van der Waals surface area contributed by atoms with Crippen molar-refractivity contribution in [2.24, 2.45) is 0 Å². The Morgan fingerprint density at radius 2 is 0.950 bits per heavy atom. The molecule has 0 saturated heterocycles. The van der Waals surface area contributed by atoms with E-state index in [-0.39, 0.29) is 23.1 Å². The van der Waals surface area contributed by atoms with E-state index in [0.29, 0.717) is 17.6 Å². The van der Waals surface area contributed by atoms with Gasteiger partial charge >= 0.3 is 221 Å². The first-order chi connectivity index (χ1) is 19.5. The van der Waals surface area contributed by atoms with E-state index < -0.39 is 7.26 Å². The summed E-state index contributed by atoms with van der Waals surface area (Å²) >= 11 is 0. The molecule has 0 saturated carbocycles. The standard InChI is InChI=1S/C35H41O4P/c1-27-31(33(37)35(39-3)34(38-2)32(27)36)25-17-6-4-5-7-18-26-40(28-19-11-8-12-20-28,29-21-13-9-14-22-29)30-23-15-10-16-24-30/h8-16,19-24,40H,4-7,17-18,25-26H2,1-3H3. The Labute approximate surface area is 239 Å². The molecule has 0 radical (unpaired) electrons. The van der Waals surface area contributed by atoms with Crippen molar-refractivity contribution in [1.29, 1.82) is 0 Å². The van der Waals surface area contributed by atoms with E-state index in [9.17, 15) is 9.59 Å². The van der Waals surface area contributed by atoms with Crippen LogP contribution in [0.3, 0.4) is 0 Å². The average Bonchev–Trinajstić information content (AvgIpc) is 3.01. The third kappa shape index (κ3) is 6.29. The number of methoxy groups -OCH3 is 2. The van der Waals surface area contributed by atoms with Crippen LogP contribution in [0.2, 0.25) is 0 Å². The number of ether oxygens (including phenoxy) is 2. The van der Waals surface area contributed by atoms with Crippen LogP contribution < -0.4 is 15.9 Å². The van der Waals surface area contributed by atoms with Gasteiger partial charge in [0.15, 0.2) is 0 Å². The molecule has 4 rings (SSSR count). The molecule has 0 atom stereocenters. The molecule has 0 unspecified atom stereocenters. The summed E-state index contributed by atoms with van der Waals surface area (Å²) in [4.78, 5) is 25.5. The van der Waals surface area contributed by atoms with Crippen molar-refractivity contribution in [3.05, 3.63) is 114 Å². The Kier molecular flexibility index (Phi) is 10.5. The van der Waals surface area contributed by atoms with E-state index in [1.807, 2.05) is 0 Å². The van der Waals surface area contributed by atoms with Crippen LogP contribution in [0, 0.1) is 0 Å². The van der Waals surface area contributed by atoms with Crippen LogP contribution in [0.25, 0.3) is 0 Å². The van der Waals surface area contributed by atoms with Crippen LogP contribution in [0.5, 0.6) is 0 Å². The first-order valence-electron chi connectivity index (χ1n) is 14.3. The van der Waals surface area contributed by atoms with Crippen molar-refractivity contribution in [2.45, 2.75) is 51.9 Å². The Morgan fingerprint density at radius 1 is 0.550 bits per heavy atom. The van der Waals surface area contributed by atoms with E-state index >= 15 is 0 Å². The van der Waals surface area contributed by atoms with Gasteiger partial charge < -0.3 is 4.74 Å². The molecule has 3 aromatic carbocycles. The molecule has 0 N–H and O–H groups in total. The molecule has 4 nitrogen and oxygen atoms in total. The first kappa shape index (κ1) is 29.5. The minimum atomic E-state index is -2.16. The number of hydrogen-bond donors (Lipinski definition) is 0. The Morgan fingerprint density at radius 3 is 1.40 bits per heavy atom. The predicted octanol–water partition coefficient (Wildman–Crippen LogP) is 6.42. The number of rotatable bonds is 14. The van der Waals surface area contributed by atoms with Crippen molar-refractivity contribution in [2.75, 3.05) is 20.4 Å². The molecule has 0 bridgehead atoms. The van der Waals surface area contributed by atoms with Gasteiger partial charge in [-0.2, -0.15) is 0 Å². The number of hydrogen-bond acceptors (Lipinski definition) is 4. The quantitative estimate of drug-likeness (QED) is 0.131. The van der Waals surface area contributed by atoms with Gasteiger partial charge in [0.1, 0.15) is 0 Å². The molecule has 5 heteroatoms. The molecule has 0 amide bonds. The molecule has 40 heavy (non-hydrogen) atoms. The van der Waals surface area contributed by atoms with Gasteiger partial charge in [-0.15, -0.1) is 0 Å². The fourth-order valence-corrected chi connectivity index (χ4v) is 10.9. The second kappa shape index (κ2) is 14.2. The molecule has 1 aliphatic carbocycles. The van der Waals surface area contributed by atoms with Crippen molar-refractivity contribution in [1.82, 2.24) is 0 Å². The molecule has 3 aromatic rings. The zero-order valence-electron chi connectivity index (χ0n) is 24.0. The second-order valence-corrected chi connectivity index (χ2v) is 14.5. The molecule has 0 aromatic heterocycles. The van der Waals surface area contributed by atoms with Gasteiger partial charge in [0.05, 0.1) is 14.2 Å². The second-order valence-electron chi connectivity index (χ2n) is 10.5. The Bertz CT molecular complexity index is 1250. The van der Waals surface area contributed by atoms with Gasteiger partial charge in [-0.1, -0.05) is 0 Å². The minimum absolute atomic E-state index is 0.00915. The van der Waals surface area contributed by atoms with E-state index in [1.165, 1.54) is 49.1 Å². The molecular weight excluding hydrogens is 515 g/mol. The summed E-state index contributed by atoms with van der Waals surface area (Å²) in [6, 6.07) is 33.3. The Balaban J connectivity index is 1.36. The SMILES string of the molecule is COC1=C(OC)C(=O)C(CCCCCCCC[PH](c2ccccc2)(c2ccccc2)c2ccccc2)=C(C)C1=O. The molecule has 1 aliphatic rings. The average molecular weight is 557 g/mol. The van der Waals surface area contributed by atoms with Gasteiger partial charge in [0.25, 0.3) is 0 Å². The fraction of sp³-hybridized carbons (Fsp3) is 0.314. The van der Waals surface area contributed by atoms with Crippen LogP contribution in [0.15, 0.2) is 114 Å². The van der Waals surface area contributed by atoms with Gasteiger partial charge in [0.2, 0.25) is 0 Å². The van der Waals surface area contributed by atoms with Crippen molar-refractivity contribution in [3.63, 3.8) is 0 Å². The van der Waals surface area contributed by atoms with Crippen LogP contribution in [0.1, 0.15) is 51.9 Å². The first-order valence-corrected chi connectivity index (χ1v) is 16.5. The van der Waals surface area contributed by atoms with Gasteiger partial charge in [0, 0.05) is 0 Å². The number of allylic oxidation sites excluding steroid dienone is 2. The summed E-state index contributed by atoms with van der Waals surface area (Å²) in [5.74, 6) is -0.441. The van der Waals surface area contributed by atoms with Gasteiger partial charge in [-0.05, 0) is 0 Å². The fourth-order valence-electron chi connectivity index (χ4n) is 5.99. The third-order valence-corrected chi connectivity index (χ3v) is 13.2. The molecule has 210 valence electrons. The van der Waals surface area contributed by atoms with E-state index in [1.54, 1.807) is 6.92 Å². The topological polar surface area (TPSA) is 52.6 Å². The van der Waals surface area contributed by atoms with Crippen LogP contribution >= 0.6 is 7.26 Å². The van der Waals surface area contributed by atoms with Gasteiger partial charge in [-0.3, -0.25) is 0 Å². The molecule has 0 fully saturated rings. The van der Waals surface area contributed by atoms with Crippen molar-refractivity contribution in [3.8, 4) is 0 Å². The van der Waals surface area contributed by atoms with E-state index in [0.717, 1.165) is 25.7 Å². The summed E-state index contributed by atoms with van der Waals surface area (Å²) in [6.07, 6.45) is 8.28. The predicted molar refractivity (Wildman–Crippen MR) is 167 cm³/mol. The summed E-state index contributed by atoms with van der Waals surface area (Å²) in [5, 5.41) is 4.39. The third-order valence-electron chi connectivity index (χ3n) is 8.12. The molecule has 0 heterocycles. The number of ketones is 2. The number of unbranched alkanes of at least 4 members (excludes halogenated alkanes) is 5. The monoisotopic (exact) mass is 556 g/mol. The molecular formula is C35H41O4P. The van der Waals surface area contributed by atoms with Crippen LogP contribution in [-0.4, -0.2) is 31.9 Å². The van der Waals surface area contributed by atoms with Crippen LogP contribution in [0.4, 0.5) is 0 Å². The normalized spacial score (nSPS) is 14.5. The van der Waals surface area contributed by atoms with E-state index in [2.05, 4.69) is 91.0 Å². The van der Waals surface area contributed by atoms with E-state index in [4.69, 9.17) is 9.47 Å². The maximum atomic E-state index is 12.9. The van der Waals surface area contributed by atoms with Gasteiger partial charge in [-0.25, -0.2) is 0 Å². The summed E-state index contributed by atoms with van der Waals surface area (Å²) < 4.78 is 10.3. The van der Waals surface area contributed by atoms with Crippen molar-refractivity contribution < 1.29 is 19.1 Å². The number of Topliss-reactive ketones (excluding diaryl/α,β-unsaturated/α-hetero) is 2. The number of benzene rings is 3. The number of carbonyl (C=O) groups is 2. The summed E-state index contributed by atoms with van der Waals surface area (Å²) in [7, 11) is 0.633.